The zero-order valence-corrected chi connectivity index (χ0v) is 14.5. The van der Waals surface area contributed by atoms with E-state index in [1.54, 1.807) is 22.9 Å². The SMILES string of the molecule is O=c1ccc(-c2cc(-c3ccccc3)nc[n+]2[O-])cn1Cc1ccccc1. The molecule has 0 atom stereocenters. The Morgan fingerprint density at radius 1 is 0.889 bits per heavy atom. The standard InChI is InChI=1S/C22H17N3O2/c26-22-12-11-19(15-24(22)14-17-7-3-1-4-8-17)21-13-20(23-16-25(21)27)18-9-5-2-6-10-18/h1-13,15-16H,14H2. The van der Waals surface area contributed by atoms with Gasteiger partial charge in [0.15, 0.2) is 5.69 Å². The summed E-state index contributed by atoms with van der Waals surface area (Å²) in [5.74, 6) is 0. The molecule has 0 N–H and O–H groups in total. The molecule has 5 heteroatoms. The van der Waals surface area contributed by atoms with Gasteiger partial charge in [0, 0.05) is 29.5 Å². The molecule has 0 unspecified atom stereocenters. The highest BCUT2D eigenvalue weighted by molar-refractivity contribution is 5.65. The minimum absolute atomic E-state index is 0.114. The van der Waals surface area contributed by atoms with Crippen molar-refractivity contribution in [3.8, 4) is 22.5 Å². The molecule has 0 radical (unpaired) electrons. The van der Waals surface area contributed by atoms with Gasteiger partial charge in [0.25, 0.3) is 11.9 Å². The van der Waals surface area contributed by atoms with Gasteiger partial charge in [0.05, 0.1) is 6.54 Å². The van der Waals surface area contributed by atoms with Gasteiger partial charge in [0.2, 0.25) is 0 Å². The number of hydrogen-bond acceptors (Lipinski definition) is 3. The van der Waals surface area contributed by atoms with E-state index in [0.29, 0.717) is 23.5 Å². The van der Waals surface area contributed by atoms with Gasteiger partial charge in [-0.3, -0.25) is 4.79 Å². The minimum Gasteiger partial charge on any atom is -0.710 e. The Morgan fingerprint density at radius 3 is 2.33 bits per heavy atom. The number of pyridine rings is 1. The van der Waals surface area contributed by atoms with Crippen molar-refractivity contribution in [2.75, 3.05) is 0 Å². The lowest BCUT2D eigenvalue weighted by molar-refractivity contribution is -0.597. The van der Waals surface area contributed by atoms with E-state index < -0.39 is 0 Å². The Labute approximate surface area is 156 Å². The maximum atomic E-state index is 12.3. The molecule has 0 fully saturated rings. The monoisotopic (exact) mass is 355 g/mol. The number of nitrogens with zero attached hydrogens (tertiary/aromatic N) is 3. The summed E-state index contributed by atoms with van der Waals surface area (Å²) in [6.07, 6.45) is 2.97. The molecule has 0 saturated carbocycles. The lowest BCUT2D eigenvalue weighted by atomic mass is 10.1. The van der Waals surface area contributed by atoms with E-state index in [9.17, 15) is 10.0 Å². The first-order chi connectivity index (χ1) is 13.2. The lowest BCUT2D eigenvalue weighted by Gasteiger charge is -2.11. The first kappa shape index (κ1) is 16.7. The van der Waals surface area contributed by atoms with Crippen molar-refractivity contribution in [3.05, 3.63) is 113 Å². The van der Waals surface area contributed by atoms with Crippen LogP contribution in [-0.4, -0.2) is 9.55 Å². The summed E-state index contributed by atoms with van der Waals surface area (Å²) in [4.78, 5) is 16.5. The van der Waals surface area contributed by atoms with Crippen LogP contribution in [0.3, 0.4) is 0 Å². The van der Waals surface area contributed by atoms with Crippen LogP contribution in [0.4, 0.5) is 0 Å². The summed E-state index contributed by atoms with van der Waals surface area (Å²) in [6, 6.07) is 24.3. The zero-order chi connectivity index (χ0) is 18.6. The molecule has 0 aliphatic carbocycles. The molecular formula is C22H17N3O2. The van der Waals surface area contributed by atoms with Gasteiger partial charge in [-0.05, 0) is 16.6 Å². The van der Waals surface area contributed by atoms with Crippen LogP contribution in [0, 0.1) is 5.21 Å². The summed E-state index contributed by atoms with van der Waals surface area (Å²) in [5, 5.41) is 12.3. The second-order valence-corrected chi connectivity index (χ2v) is 6.22. The number of benzene rings is 2. The molecular weight excluding hydrogens is 338 g/mol. The molecule has 0 spiro atoms. The molecule has 0 amide bonds. The average molecular weight is 355 g/mol. The van der Waals surface area contributed by atoms with E-state index in [2.05, 4.69) is 4.98 Å². The molecule has 5 nitrogen and oxygen atoms in total. The fourth-order valence-corrected chi connectivity index (χ4v) is 2.97. The maximum absolute atomic E-state index is 12.3. The Morgan fingerprint density at radius 2 is 1.59 bits per heavy atom. The van der Waals surface area contributed by atoms with Crippen LogP contribution in [-0.2, 0) is 6.54 Å². The Kier molecular flexibility index (Phi) is 4.49. The van der Waals surface area contributed by atoms with Crippen molar-refractivity contribution in [3.63, 3.8) is 0 Å². The van der Waals surface area contributed by atoms with Crippen molar-refractivity contribution >= 4 is 0 Å². The molecule has 2 heterocycles. The molecule has 4 aromatic rings. The van der Waals surface area contributed by atoms with E-state index in [1.807, 2.05) is 60.7 Å². The normalized spacial score (nSPS) is 10.7. The van der Waals surface area contributed by atoms with Crippen LogP contribution in [0.2, 0.25) is 0 Å². The molecule has 0 saturated heterocycles. The molecule has 0 aliphatic heterocycles. The van der Waals surface area contributed by atoms with E-state index in [0.717, 1.165) is 15.9 Å². The number of aromatic nitrogens is 3. The molecule has 0 aliphatic rings. The Bertz CT molecular complexity index is 1120. The van der Waals surface area contributed by atoms with Crippen LogP contribution in [0.5, 0.6) is 0 Å². The summed E-state index contributed by atoms with van der Waals surface area (Å²) in [5.41, 5.74) is 3.66. The van der Waals surface area contributed by atoms with Gasteiger partial charge in [-0.2, -0.15) is 0 Å². The fraction of sp³-hybridized carbons (Fsp3) is 0.0455. The van der Waals surface area contributed by atoms with Gasteiger partial charge in [-0.25, -0.2) is 4.73 Å². The van der Waals surface area contributed by atoms with Crippen LogP contribution in [0.15, 0.2) is 96.2 Å². The Balaban J connectivity index is 1.75. The van der Waals surface area contributed by atoms with Crippen molar-refractivity contribution < 1.29 is 4.73 Å². The summed E-state index contributed by atoms with van der Waals surface area (Å²) in [6.45, 7) is 0.447. The highest BCUT2D eigenvalue weighted by Crippen LogP contribution is 2.21. The summed E-state index contributed by atoms with van der Waals surface area (Å²) < 4.78 is 2.33. The predicted octanol–water partition coefficient (Wildman–Crippen LogP) is 3.26. The van der Waals surface area contributed by atoms with E-state index in [-0.39, 0.29) is 5.56 Å². The van der Waals surface area contributed by atoms with Crippen molar-refractivity contribution in [2.24, 2.45) is 0 Å². The summed E-state index contributed by atoms with van der Waals surface area (Å²) in [7, 11) is 0. The highest BCUT2D eigenvalue weighted by Gasteiger charge is 2.13. The van der Waals surface area contributed by atoms with Crippen molar-refractivity contribution in [1.82, 2.24) is 9.55 Å². The van der Waals surface area contributed by atoms with E-state index in [1.165, 1.54) is 12.4 Å². The second kappa shape index (κ2) is 7.25. The predicted molar refractivity (Wildman–Crippen MR) is 104 cm³/mol. The van der Waals surface area contributed by atoms with Gasteiger partial charge >= 0.3 is 0 Å². The molecule has 27 heavy (non-hydrogen) atoms. The maximum Gasteiger partial charge on any atom is 0.290 e. The van der Waals surface area contributed by atoms with Gasteiger partial charge in [0.1, 0.15) is 5.69 Å². The molecule has 2 aromatic heterocycles. The first-order valence-corrected chi connectivity index (χ1v) is 8.60. The van der Waals surface area contributed by atoms with Crippen LogP contribution in [0.25, 0.3) is 22.5 Å². The third kappa shape index (κ3) is 3.62. The fourth-order valence-electron chi connectivity index (χ4n) is 2.97. The van der Waals surface area contributed by atoms with Crippen molar-refractivity contribution in [2.45, 2.75) is 6.54 Å². The zero-order valence-electron chi connectivity index (χ0n) is 14.5. The quantitative estimate of drug-likeness (QED) is 0.417. The Hall–Kier alpha value is -3.73. The molecule has 4 rings (SSSR count). The second-order valence-electron chi connectivity index (χ2n) is 6.22. The summed E-state index contributed by atoms with van der Waals surface area (Å²) >= 11 is 0. The van der Waals surface area contributed by atoms with Crippen LogP contribution < -0.4 is 10.3 Å². The number of hydrogen-bond donors (Lipinski definition) is 0. The number of rotatable bonds is 4. The lowest BCUT2D eigenvalue weighted by Crippen LogP contribution is -2.30. The smallest absolute Gasteiger partial charge is 0.290 e. The third-order valence-electron chi connectivity index (χ3n) is 4.36. The third-order valence-corrected chi connectivity index (χ3v) is 4.36. The highest BCUT2D eigenvalue weighted by atomic mass is 16.5. The average Bonchev–Trinajstić information content (AvgIpc) is 2.72. The minimum atomic E-state index is -0.114. The topological polar surface area (TPSA) is 61.8 Å². The van der Waals surface area contributed by atoms with Crippen LogP contribution >= 0.6 is 0 Å². The van der Waals surface area contributed by atoms with Gasteiger partial charge < -0.3 is 9.77 Å². The van der Waals surface area contributed by atoms with E-state index >= 15 is 0 Å². The molecule has 0 bridgehead atoms. The van der Waals surface area contributed by atoms with Crippen LogP contribution in [0.1, 0.15) is 5.56 Å². The van der Waals surface area contributed by atoms with Gasteiger partial charge in [-0.1, -0.05) is 60.7 Å². The van der Waals surface area contributed by atoms with Crippen molar-refractivity contribution in [1.29, 1.82) is 0 Å². The molecule has 2 aromatic carbocycles. The van der Waals surface area contributed by atoms with Gasteiger partial charge in [-0.15, -0.1) is 0 Å². The first-order valence-electron chi connectivity index (χ1n) is 8.60. The molecule has 132 valence electrons. The largest absolute Gasteiger partial charge is 0.710 e. The van der Waals surface area contributed by atoms with E-state index in [4.69, 9.17) is 0 Å².